The zero-order valence-corrected chi connectivity index (χ0v) is 37.2. The third-order valence-corrected chi connectivity index (χ3v) is 14.7. The summed E-state index contributed by atoms with van der Waals surface area (Å²) in [6, 6.07) is 87.1. The molecule has 11 aromatic rings. The number of rotatable bonds is 8. The smallest absolute Gasteiger partial charge is 0.0540 e. The fraction of sp³-hybridized carbons (Fsp3) is 0.0476. The minimum atomic E-state index is -0.220. The first-order chi connectivity index (χ1) is 32.0. The minimum absolute atomic E-state index is 0.220. The summed E-state index contributed by atoms with van der Waals surface area (Å²) >= 11 is 1.86. The van der Waals surface area contributed by atoms with Crippen LogP contribution in [0.15, 0.2) is 237 Å². The van der Waals surface area contributed by atoms with Crippen molar-refractivity contribution in [3.8, 4) is 66.8 Å². The highest BCUT2D eigenvalue weighted by molar-refractivity contribution is 7.25. The monoisotopic (exact) mass is 847 g/mol. The molecule has 0 N–H and O–H groups in total. The molecule has 0 spiro atoms. The van der Waals surface area contributed by atoms with E-state index in [0.29, 0.717) is 0 Å². The number of anilines is 3. The molecule has 0 saturated heterocycles. The Labute approximate surface area is 385 Å². The van der Waals surface area contributed by atoms with Crippen LogP contribution in [-0.4, -0.2) is 0 Å². The molecule has 308 valence electrons. The number of hydrogen-bond donors (Lipinski definition) is 0. The number of hydrogen-bond acceptors (Lipinski definition) is 2. The highest BCUT2D eigenvalue weighted by atomic mass is 32.1. The Bertz CT molecular complexity index is 3540. The van der Waals surface area contributed by atoms with Gasteiger partial charge in [-0.2, -0.15) is 0 Å². The third-order valence-electron chi connectivity index (χ3n) is 13.5. The van der Waals surface area contributed by atoms with E-state index in [1.165, 1.54) is 98.1 Å². The fourth-order valence-electron chi connectivity index (χ4n) is 10.1. The Morgan fingerprint density at radius 2 is 0.785 bits per heavy atom. The number of para-hydroxylation sites is 1. The van der Waals surface area contributed by atoms with Gasteiger partial charge in [0.25, 0.3) is 0 Å². The van der Waals surface area contributed by atoms with Crippen LogP contribution in [-0.2, 0) is 5.41 Å². The van der Waals surface area contributed by atoms with E-state index in [-0.39, 0.29) is 5.41 Å². The molecule has 1 aliphatic carbocycles. The molecule has 65 heavy (non-hydrogen) atoms. The molecule has 2 heteroatoms. The normalized spacial score (nSPS) is 12.6. The van der Waals surface area contributed by atoms with Gasteiger partial charge in [-0.3, -0.25) is 0 Å². The molecule has 0 amide bonds. The predicted octanol–water partition coefficient (Wildman–Crippen LogP) is 18.2. The average molecular weight is 848 g/mol. The van der Waals surface area contributed by atoms with E-state index in [4.69, 9.17) is 0 Å². The first-order valence-electron chi connectivity index (χ1n) is 22.5. The molecule has 0 fully saturated rings. The molecule has 12 rings (SSSR count). The van der Waals surface area contributed by atoms with Gasteiger partial charge in [-0.05, 0) is 127 Å². The van der Waals surface area contributed by atoms with E-state index in [0.717, 1.165) is 17.1 Å². The molecule has 0 aliphatic heterocycles. The van der Waals surface area contributed by atoms with E-state index in [1.807, 2.05) is 11.3 Å². The lowest BCUT2D eigenvalue weighted by atomic mass is 9.81. The van der Waals surface area contributed by atoms with Gasteiger partial charge >= 0.3 is 0 Å². The maximum atomic E-state index is 2.46. The van der Waals surface area contributed by atoms with Crippen molar-refractivity contribution in [1.82, 2.24) is 0 Å². The summed E-state index contributed by atoms with van der Waals surface area (Å²) in [7, 11) is 0. The lowest BCUT2D eigenvalue weighted by molar-refractivity contribution is 0.660. The van der Waals surface area contributed by atoms with Gasteiger partial charge in [-0.25, -0.2) is 0 Å². The molecule has 1 aromatic heterocycles. The van der Waals surface area contributed by atoms with Gasteiger partial charge in [0.2, 0.25) is 0 Å². The van der Waals surface area contributed by atoms with Gasteiger partial charge < -0.3 is 4.90 Å². The van der Waals surface area contributed by atoms with Crippen molar-refractivity contribution < 1.29 is 0 Å². The second-order valence-electron chi connectivity index (χ2n) is 17.7. The molecule has 10 aromatic carbocycles. The third kappa shape index (κ3) is 6.86. The molecule has 1 nitrogen and oxygen atoms in total. The van der Waals surface area contributed by atoms with Crippen LogP contribution >= 0.6 is 11.3 Å². The first-order valence-corrected chi connectivity index (χ1v) is 23.3. The highest BCUT2D eigenvalue weighted by Crippen LogP contribution is 2.52. The quantitative estimate of drug-likeness (QED) is 0.147. The van der Waals surface area contributed by atoms with E-state index >= 15 is 0 Å². The number of thiophene rings is 1. The zero-order valence-electron chi connectivity index (χ0n) is 36.4. The van der Waals surface area contributed by atoms with Crippen LogP contribution in [0.3, 0.4) is 0 Å². The largest absolute Gasteiger partial charge is 0.310 e. The van der Waals surface area contributed by atoms with Gasteiger partial charge in [-0.1, -0.05) is 196 Å². The molecule has 0 atom stereocenters. The maximum absolute atomic E-state index is 2.46. The predicted molar refractivity (Wildman–Crippen MR) is 279 cm³/mol. The van der Waals surface area contributed by atoms with Crippen LogP contribution in [0.5, 0.6) is 0 Å². The Morgan fingerprint density at radius 3 is 1.51 bits per heavy atom. The van der Waals surface area contributed by atoms with Crippen molar-refractivity contribution in [2.75, 3.05) is 4.90 Å². The van der Waals surface area contributed by atoms with Crippen LogP contribution in [0.4, 0.5) is 17.1 Å². The zero-order chi connectivity index (χ0) is 43.5. The summed E-state index contributed by atoms with van der Waals surface area (Å²) in [5.41, 5.74) is 20.6. The van der Waals surface area contributed by atoms with Crippen LogP contribution in [0.1, 0.15) is 25.0 Å². The van der Waals surface area contributed by atoms with Crippen molar-refractivity contribution in [3.63, 3.8) is 0 Å². The molecular weight excluding hydrogens is 803 g/mol. The molecule has 0 unspecified atom stereocenters. The topological polar surface area (TPSA) is 3.24 Å². The van der Waals surface area contributed by atoms with Crippen LogP contribution in [0.2, 0.25) is 0 Å². The van der Waals surface area contributed by atoms with E-state index < -0.39 is 0 Å². The minimum Gasteiger partial charge on any atom is -0.310 e. The van der Waals surface area contributed by atoms with Crippen molar-refractivity contribution in [2.24, 2.45) is 0 Å². The Hall–Kier alpha value is -7.78. The summed E-state index contributed by atoms with van der Waals surface area (Å²) < 4.78 is 2.64. The molecule has 1 aliphatic rings. The van der Waals surface area contributed by atoms with E-state index in [2.05, 4.69) is 255 Å². The van der Waals surface area contributed by atoms with Gasteiger partial charge in [0.15, 0.2) is 0 Å². The number of fused-ring (bicyclic) bond motifs is 6. The first kappa shape index (κ1) is 38.9. The Morgan fingerprint density at radius 1 is 0.308 bits per heavy atom. The van der Waals surface area contributed by atoms with Gasteiger partial charge in [0.05, 0.1) is 5.69 Å². The molecule has 0 saturated carbocycles. The van der Waals surface area contributed by atoms with Crippen LogP contribution in [0, 0.1) is 0 Å². The lowest BCUT2D eigenvalue weighted by Crippen LogP contribution is -2.17. The number of benzene rings is 10. The van der Waals surface area contributed by atoms with Gasteiger partial charge in [0.1, 0.15) is 0 Å². The summed E-state index contributed by atoms with van der Waals surface area (Å²) in [6.07, 6.45) is 0. The van der Waals surface area contributed by atoms with Gasteiger partial charge in [0, 0.05) is 42.5 Å². The SMILES string of the molecule is CC1(C)c2cc(-c3ccc(-c4ccc(-c5ccccc5)cc4)cc3)ccc2-c2ccc(N(c3cccc(-c4ccc5sc6ccccc6c5c4)c3)c3ccccc3-c3ccccc3)cc21. The van der Waals surface area contributed by atoms with Crippen molar-refractivity contribution in [2.45, 2.75) is 19.3 Å². The van der Waals surface area contributed by atoms with Crippen LogP contribution < -0.4 is 4.90 Å². The van der Waals surface area contributed by atoms with Crippen molar-refractivity contribution in [3.05, 3.63) is 248 Å². The summed E-state index contributed by atoms with van der Waals surface area (Å²) in [6.45, 7) is 4.78. The van der Waals surface area contributed by atoms with E-state index in [1.54, 1.807) is 0 Å². The van der Waals surface area contributed by atoms with Gasteiger partial charge in [-0.15, -0.1) is 11.3 Å². The highest BCUT2D eigenvalue weighted by Gasteiger charge is 2.36. The second-order valence-corrected chi connectivity index (χ2v) is 18.8. The molecular formula is C63H45NS. The summed E-state index contributed by atoms with van der Waals surface area (Å²) in [4.78, 5) is 2.46. The average Bonchev–Trinajstić information content (AvgIpc) is 3.85. The van der Waals surface area contributed by atoms with Crippen molar-refractivity contribution >= 4 is 48.6 Å². The van der Waals surface area contributed by atoms with Crippen molar-refractivity contribution in [1.29, 1.82) is 0 Å². The Kier molecular flexibility index (Phi) is 9.44. The van der Waals surface area contributed by atoms with E-state index in [9.17, 15) is 0 Å². The summed E-state index contributed by atoms with van der Waals surface area (Å²) in [5, 5.41) is 2.63. The lowest BCUT2D eigenvalue weighted by Gasteiger charge is -2.30. The Balaban J connectivity index is 0.913. The second kappa shape index (κ2) is 15.8. The standard InChI is InChI=1S/C63H45NS/c1-63(2)58-40-50(46-30-28-45(29-31-46)44-26-24-43(25-27-44)42-14-5-3-6-15-42)32-35-54(58)55-36-34-52(41-59(55)63)64(60-22-11-9-20-53(60)47-16-7-4-8-17-47)51-19-13-18-48(38-51)49-33-37-62-57(39-49)56-21-10-12-23-61(56)65-62/h3-41H,1-2H3. The maximum Gasteiger partial charge on any atom is 0.0540 e. The summed E-state index contributed by atoms with van der Waals surface area (Å²) in [5.74, 6) is 0. The fourth-order valence-corrected chi connectivity index (χ4v) is 11.2. The van der Waals surface area contributed by atoms with Crippen LogP contribution in [0.25, 0.3) is 86.9 Å². The molecule has 0 bridgehead atoms. The number of nitrogens with zero attached hydrogens (tertiary/aromatic N) is 1. The molecule has 0 radical (unpaired) electrons. The molecule has 1 heterocycles.